The van der Waals surface area contributed by atoms with Crippen molar-refractivity contribution < 1.29 is 19.1 Å². The van der Waals surface area contributed by atoms with E-state index in [0.29, 0.717) is 13.0 Å². The van der Waals surface area contributed by atoms with E-state index < -0.39 is 5.41 Å². The Morgan fingerprint density at radius 3 is 3.21 bits per heavy atom. The molecule has 2 aliphatic rings. The highest BCUT2D eigenvalue weighted by Crippen LogP contribution is 2.38. The molecule has 2 fully saturated rings. The van der Waals surface area contributed by atoms with Crippen molar-refractivity contribution in [1.29, 1.82) is 0 Å². The molecule has 2 heterocycles. The summed E-state index contributed by atoms with van der Waals surface area (Å²) >= 11 is 0. The SMILES string of the molecule is COC(=O)C12COCCC1NC(=O)C2. The molecule has 14 heavy (non-hydrogen) atoms. The zero-order valence-corrected chi connectivity index (χ0v) is 8.04. The molecular formula is C9H13NO4. The van der Waals surface area contributed by atoms with Gasteiger partial charge in [-0.2, -0.15) is 0 Å². The molecule has 5 nitrogen and oxygen atoms in total. The Kier molecular flexibility index (Phi) is 2.19. The van der Waals surface area contributed by atoms with Crippen LogP contribution in [-0.4, -0.2) is 38.2 Å². The van der Waals surface area contributed by atoms with Crippen LogP contribution >= 0.6 is 0 Å². The molecule has 0 bridgehead atoms. The van der Waals surface area contributed by atoms with Crippen LogP contribution in [0.1, 0.15) is 12.8 Å². The van der Waals surface area contributed by atoms with E-state index in [1.54, 1.807) is 0 Å². The second-order valence-electron chi connectivity index (χ2n) is 3.79. The van der Waals surface area contributed by atoms with E-state index in [4.69, 9.17) is 9.47 Å². The number of methoxy groups -OCH3 is 1. The average molecular weight is 199 g/mol. The zero-order chi connectivity index (χ0) is 10.2. The molecule has 5 heteroatoms. The number of fused-ring (bicyclic) bond motifs is 1. The summed E-state index contributed by atoms with van der Waals surface area (Å²) in [6.45, 7) is 0.868. The van der Waals surface area contributed by atoms with Crippen molar-refractivity contribution in [3.63, 3.8) is 0 Å². The molecule has 2 atom stereocenters. The van der Waals surface area contributed by atoms with Crippen LogP contribution < -0.4 is 5.32 Å². The summed E-state index contributed by atoms with van der Waals surface area (Å²) in [5.41, 5.74) is -0.774. The Bertz CT molecular complexity index is 278. The van der Waals surface area contributed by atoms with Crippen molar-refractivity contribution in [1.82, 2.24) is 5.32 Å². The Labute approximate surface area is 81.7 Å². The van der Waals surface area contributed by atoms with Crippen LogP contribution in [0.5, 0.6) is 0 Å². The second kappa shape index (κ2) is 3.24. The highest BCUT2D eigenvalue weighted by molar-refractivity contribution is 5.91. The fourth-order valence-corrected chi connectivity index (χ4v) is 2.23. The second-order valence-corrected chi connectivity index (χ2v) is 3.79. The molecule has 2 aliphatic heterocycles. The third-order valence-corrected chi connectivity index (χ3v) is 2.98. The Balaban J connectivity index is 2.27. The minimum absolute atomic E-state index is 0.0918. The smallest absolute Gasteiger partial charge is 0.316 e. The molecular weight excluding hydrogens is 186 g/mol. The number of carbonyl (C=O) groups excluding carboxylic acids is 2. The summed E-state index contributed by atoms with van der Waals surface area (Å²) in [6, 6.07) is -0.115. The number of hydrogen-bond acceptors (Lipinski definition) is 4. The van der Waals surface area contributed by atoms with Crippen LogP contribution in [0.15, 0.2) is 0 Å². The summed E-state index contributed by atoms with van der Waals surface area (Å²) in [6.07, 6.45) is 0.866. The van der Waals surface area contributed by atoms with Gasteiger partial charge >= 0.3 is 5.97 Å². The number of hydrogen-bond donors (Lipinski definition) is 1. The summed E-state index contributed by atoms with van der Waals surface area (Å²) in [5.74, 6) is -0.438. The minimum Gasteiger partial charge on any atom is -0.468 e. The van der Waals surface area contributed by atoms with Crippen molar-refractivity contribution in [2.24, 2.45) is 5.41 Å². The van der Waals surface area contributed by atoms with E-state index >= 15 is 0 Å². The highest BCUT2D eigenvalue weighted by Gasteiger charge is 2.55. The summed E-state index contributed by atoms with van der Waals surface area (Å²) in [5, 5.41) is 2.79. The third kappa shape index (κ3) is 1.19. The standard InChI is InChI=1S/C9H13NO4/c1-13-8(12)9-4-7(11)10-6(9)2-3-14-5-9/h6H,2-5H2,1H3,(H,10,11). The molecule has 2 rings (SSSR count). The zero-order valence-electron chi connectivity index (χ0n) is 8.04. The van der Waals surface area contributed by atoms with Crippen LogP contribution in [0.2, 0.25) is 0 Å². The molecule has 0 radical (unpaired) electrons. The van der Waals surface area contributed by atoms with Crippen molar-refractivity contribution >= 4 is 11.9 Å². The van der Waals surface area contributed by atoms with Gasteiger partial charge in [-0.15, -0.1) is 0 Å². The van der Waals surface area contributed by atoms with Crippen LogP contribution in [0.3, 0.4) is 0 Å². The first-order chi connectivity index (χ1) is 6.69. The molecule has 0 saturated carbocycles. The van der Waals surface area contributed by atoms with Gasteiger partial charge in [0.2, 0.25) is 5.91 Å². The Morgan fingerprint density at radius 2 is 2.50 bits per heavy atom. The predicted molar refractivity (Wildman–Crippen MR) is 46.4 cm³/mol. The van der Waals surface area contributed by atoms with Gasteiger partial charge in [0.1, 0.15) is 5.41 Å². The topological polar surface area (TPSA) is 64.6 Å². The number of rotatable bonds is 1. The van der Waals surface area contributed by atoms with Gasteiger partial charge in [0.25, 0.3) is 0 Å². The van der Waals surface area contributed by atoms with Crippen LogP contribution in [-0.2, 0) is 19.1 Å². The Hall–Kier alpha value is -1.10. The monoisotopic (exact) mass is 199 g/mol. The maximum absolute atomic E-state index is 11.6. The summed E-state index contributed by atoms with van der Waals surface area (Å²) in [4.78, 5) is 22.9. The number of amides is 1. The van der Waals surface area contributed by atoms with Gasteiger partial charge < -0.3 is 14.8 Å². The van der Waals surface area contributed by atoms with Crippen molar-refractivity contribution in [2.45, 2.75) is 18.9 Å². The molecule has 1 N–H and O–H groups in total. The molecule has 0 aliphatic carbocycles. The lowest BCUT2D eigenvalue weighted by Crippen LogP contribution is -2.50. The van der Waals surface area contributed by atoms with Crippen molar-refractivity contribution in [3.8, 4) is 0 Å². The minimum atomic E-state index is -0.774. The number of carbonyl (C=O) groups is 2. The maximum Gasteiger partial charge on any atom is 0.316 e. The van der Waals surface area contributed by atoms with Gasteiger partial charge in [0, 0.05) is 19.1 Å². The van der Waals surface area contributed by atoms with E-state index in [-0.39, 0.29) is 30.9 Å². The first-order valence-corrected chi connectivity index (χ1v) is 4.64. The summed E-state index contributed by atoms with van der Waals surface area (Å²) < 4.78 is 10.00. The molecule has 0 aromatic carbocycles. The fourth-order valence-electron chi connectivity index (χ4n) is 2.23. The quantitative estimate of drug-likeness (QED) is 0.576. The number of nitrogens with one attached hydrogen (secondary N) is 1. The molecule has 0 aromatic rings. The van der Waals surface area contributed by atoms with Gasteiger partial charge in [-0.25, -0.2) is 0 Å². The first kappa shape index (κ1) is 9.45. The number of ether oxygens (including phenoxy) is 2. The summed E-state index contributed by atoms with van der Waals surface area (Å²) in [7, 11) is 1.34. The highest BCUT2D eigenvalue weighted by atomic mass is 16.5. The van der Waals surface area contributed by atoms with Crippen LogP contribution in [0.25, 0.3) is 0 Å². The normalized spacial score (nSPS) is 36.1. The van der Waals surface area contributed by atoms with E-state index in [2.05, 4.69) is 5.32 Å². The largest absolute Gasteiger partial charge is 0.468 e. The van der Waals surface area contributed by atoms with E-state index in [1.165, 1.54) is 7.11 Å². The van der Waals surface area contributed by atoms with Crippen LogP contribution in [0, 0.1) is 5.41 Å². The molecule has 0 spiro atoms. The van der Waals surface area contributed by atoms with Gasteiger partial charge in [0.05, 0.1) is 13.7 Å². The van der Waals surface area contributed by atoms with Gasteiger partial charge in [-0.3, -0.25) is 9.59 Å². The van der Waals surface area contributed by atoms with E-state index in [9.17, 15) is 9.59 Å². The number of esters is 1. The van der Waals surface area contributed by atoms with Gasteiger partial charge in [0.15, 0.2) is 0 Å². The van der Waals surface area contributed by atoms with Crippen molar-refractivity contribution in [2.75, 3.05) is 20.3 Å². The predicted octanol–water partition coefficient (Wildman–Crippen LogP) is -0.545. The Morgan fingerprint density at radius 1 is 1.71 bits per heavy atom. The first-order valence-electron chi connectivity index (χ1n) is 4.64. The fraction of sp³-hybridized carbons (Fsp3) is 0.778. The maximum atomic E-state index is 11.6. The lowest BCUT2D eigenvalue weighted by atomic mass is 9.78. The van der Waals surface area contributed by atoms with Gasteiger partial charge in [-0.05, 0) is 6.42 Å². The van der Waals surface area contributed by atoms with E-state index in [0.717, 1.165) is 0 Å². The average Bonchev–Trinajstić information content (AvgIpc) is 2.53. The molecule has 2 unspecified atom stereocenters. The molecule has 78 valence electrons. The third-order valence-electron chi connectivity index (χ3n) is 2.98. The lowest BCUT2D eigenvalue weighted by molar-refractivity contribution is -0.162. The van der Waals surface area contributed by atoms with E-state index in [1.807, 2.05) is 0 Å². The van der Waals surface area contributed by atoms with Crippen LogP contribution in [0.4, 0.5) is 0 Å². The molecule has 2 saturated heterocycles. The van der Waals surface area contributed by atoms with Crippen molar-refractivity contribution in [3.05, 3.63) is 0 Å². The van der Waals surface area contributed by atoms with Gasteiger partial charge in [-0.1, -0.05) is 0 Å². The molecule has 1 amide bonds. The lowest BCUT2D eigenvalue weighted by Gasteiger charge is -2.34. The molecule has 0 aromatic heterocycles.